The number of rotatable bonds is 10. The molecule has 136 valence electrons. The van der Waals surface area contributed by atoms with Crippen molar-refractivity contribution in [3.05, 3.63) is 39.9 Å². The third-order valence-corrected chi connectivity index (χ3v) is 3.58. The van der Waals surface area contributed by atoms with E-state index in [1.165, 1.54) is 12.1 Å². The van der Waals surface area contributed by atoms with Gasteiger partial charge in [-0.2, -0.15) is 0 Å². The second-order valence-corrected chi connectivity index (χ2v) is 5.44. The lowest BCUT2D eigenvalue weighted by Gasteiger charge is -2.26. The molecule has 0 fully saturated rings. The molecule has 7 nitrogen and oxygen atoms in total. The van der Waals surface area contributed by atoms with Gasteiger partial charge < -0.3 is 9.47 Å². The molecule has 0 aromatic heterocycles. The molecule has 25 heavy (non-hydrogen) atoms. The minimum absolute atomic E-state index is 0.0169. The predicted octanol–water partition coefficient (Wildman–Crippen LogP) is 2.04. The fraction of sp³-hybridized carbons (Fsp3) is 0.500. The van der Waals surface area contributed by atoms with Crippen molar-refractivity contribution in [2.24, 2.45) is 0 Å². The largest absolute Gasteiger partial charge is 0.464 e. The molecule has 0 bridgehead atoms. The Bertz CT molecular complexity index is 619. The Morgan fingerprint density at radius 3 is 2.60 bits per heavy atom. The van der Waals surface area contributed by atoms with Crippen LogP contribution in [-0.2, 0) is 20.7 Å². The lowest BCUT2D eigenvalue weighted by Crippen LogP contribution is -2.38. The molecule has 1 atom stereocenters. The maximum Gasteiger partial charge on any atom is 0.332 e. The van der Waals surface area contributed by atoms with Gasteiger partial charge in [-0.25, -0.2) is 4.79 Å². The molecule has 0 aliphatic rings. The molecular weight excluding hydrogens is 324 g/mol. The number of esters is 1. The van der Waals surface area contributed by atoms with Gasteiger partial charge in [-0.15, -0.1) is 5.92 Å². The monoisotopic (exact) mass is 348 g/mol. The average Bonchev–Trinajstić information content (AvgIpc) is 2.59. The number of nitro groups is 1. The van der Waals surface area contributed by atoms with Crippen LogP contribution in [0.2, 0.25) is 0 Å². The molecule has 0 amide bonds. The first-order chi connectivity index (χ1) is 12.0. The zero-order valence-electron chi connectivity index (χ0n) is 14.9. The molecule has 1 aromatic rings. The van der Waals surface area contributed by atoms with E-state index in [0.717, 1.165) is 5.56 Å². The number of nitro benzene ring substituents is 1. The van der Waals surface area contributed by atoms with E-state index in [-0.39, 0.29) is 18.3 Å². The SMILES string of the molecule is CC#CCN(C)[C@H](COCC(=O)OCC)Cc1ccc([N+](=O)[O-])cc1. The van der Waals surface area contributed by atoms with Gasteiger partial charge >= 0.3 is 5.97 Å². The lowest BCUT2D eigenvalue weighted by atomic mass is 10.0. The quantitative estimate of drug-likeness (QED) is 0.278. The van der Waals surface area contributed by atoms with Crippen LogP contribution in [-0.4, -0.2) is 55.2 Å². The molecule has 0 unspecified atom stereocenters. The summed E-state index contributed by atoms with van der Waals surface area (Å²) in [4.78, 5) is 23.7. The van der Waals surface area contributed by atoms with Crippen LogP contribution in [0.4, 0.5) is 5.69 Å². The molecule has 0 saturated heterocycles. The molecule has 0 aliphatic heterocycles. The predicted molar refractivity (Wildman–Crippen MR) is 94.1 cm³/mol. The van der Waals surface area contributed by atoms with Gasteiger partial charge in [-0.3, -0.25) is 15.0 Å². The van der Waals surface area contributed by atoms with Crippen molar-refractivity contribution in [1.29, 1.82) is 0 Å². The summed E-state index contributed by atoms with van der Waals surface area (Å²) < 4.78 is 10.3. The highest BCUT2D eigenvalue weighted by Gasteiger charge is 2.17. The zero-order valence-corrected chi connectivity index (χ0v) is 14.9. The van der Waals surface area contributed by atoms with Crippen molar-refractivity contribution in [1.82, 2.24) is 4.90 Å². The number of hydrogen-bond donors (Lipinski definition) is 0. The van der Waals surface area contributed by atoms with Gasteiger partial charge in [0.2, 0.25) is 0 Å². The highest BCUT2D eigenvalue weighted by Crippen LogP contribution is 2.15. The number of nitrogens with zero attached hydrogens (tertiary/aromatic N) is 2. The first-order valence-electron chi connectivity index (χ1n) is 8.04. The van der Waals surface area contributed by atoms with Crippen LogP contribution >= 0.6 is 0 Å². The summed E-state index contributed by atoms with van der Waals surface area (Å²) in [7, 11) is 1.92. The second kappa shape index (κ2) is 11.2. The van der Waals surface area contributed by atoms with E-state index in [4.69, 9.17) is 9.47 Å². The van der Waals surface area contributed by atoms with Crippen LogP contribution in [0.1, 0.15) is 19.4 Å². The van der Waals surface area contributed by atoms with Gasteiger partial charge in [0, 0.05) is 18.2 Å². The summed E-state index contributed by atoms with van der Waals surface area (Å²) in [6, 6.07) is 6.41. The van der Waals surface area contributed by atoms with Crippen molar-refractivity contribution in [3.8, 4) is 11.8 Å². The lowest BCUT2D eigenvalue weighted by molar-refractivity contribution is -0.384. The normalized spacial score (nSPS) is 11.5. The maximum atomic E-state index is 11.4. The highest BCUT2D eigenvalue weighted by molar-refractivity contribution is 5.70. The Labute approximate surface area is 148 Å². The summed E-state index contributed by atoms with van der Waals surface area (Å²) in [6.45, 7) is 4.63. The van der Waals surface area contributed by atoms with E-state index in [9.17, 15) is 14.9 Å². The third kappa shape index (κ3) is 7.79. The topological polar surface area (TPSA) is 81.9 Å². The number of non-ortho nitro benzene ring substituents is 1. The van der Waals surface area contributed by atoms with Crippen molar-refractivity contribution in [2.75, 3.05) is 33.4 Å². The molecule has 7 heteroatoms. The van der Waals surface area contributed by atoms with Gasteiger partial charge in [0.15, 0.2) is 0 Å². The second-order valence-electron chi connectivity index (χ2n) is 5.44. The van der Waals surface area contributed by atoms with E-state index >= 15 is 0 Å². The van der Waals surface area contributed by atoms with Gasteiger partial charge in [-0.1, -0.05) is 18.1 Å². The first-order valence-corrected chi connectivity index (χ1v) is 8.04. The molecule has 1 rings (SSSR count). The summed E-state index contributed by atoms with van der Waals surface area (Å²) in [6.07, 6.45) is 0.628. The first kappa shape index (κ1) is 20.6. The standard InChI is InChI=1S/C18H24N2O5/c1-4-6-11-19(3)17(13-24-14-18(21)25-5-2)12-15-7-9-16(10-8-15)20(22)23/h7-10,17H,5,11-14H2,1-3H3/t17-/m0/s1. The van der Waals surface area contributed by atoms with Crippen LogP contribution in [0, 0.1) is 22.0 Å². The van der Waals surface area contributed by atoms with E-state index in [1.807, 2.05) is 11.9 Å². The Morgan fingerprint density at radius 2 is 2.04 bits per heavy atom. The Kier molecular flexibility index (Phi) is 9.22. The minimum Gasteiger partial charge on any atom is -0.464 e. The smallest absolute Gasteiger partial charge is 0.332 e. The molecular formula is C18H24N2O5. The van der Waals surface area contributed by atoms with Crippen LogP contribution < -0.4 is 0 Å². The molecule has 0 heterocycles. The Hall–Kier alpha value is -2.43. The van der Waals surface area contributed by atoms with E-state index < -0.39 is 10.9 Å². The van der Waals surface area contributed by atoms with Crippen LogP contribution in [0.15, 0.2) is 24.3 Å². The van der Waals surface area contributed by atoms with Gasteiger partial charge in [0.05, 0.1) is 24.7 Å². The number of ether oxygens (including phenoxy) is 2. The Morgan fingerprint density at radius 1 is 1.36 bits per heavy atom. The maximum absolute atomic E-state index is 11.4. The van der Waals surface area contributed by atoms with Crippen LogP contribution in [0.5, 0.6) is 0 Å². The van der Waals surface area contributed by atoms with E-state index in [2.05, 4.69) is 11.8 Å². The number of benzene rings is 1. The van der Waals surface area contributed by atoms with Crippen LogP contribution in [0.25, 0.3) is 0 Å². The number of hydrogen-bond acceptors (Lipinski definition) is 6. The minimum atomic E-state index is -0.424. The summed E-state index contributed by atoms with van der Waals surface area (Å²) in [5.74, 6) is 5.45. The van der Waals surface area contributed by atoms with Crippen LogP contribution in [0.3, 0.4) is 0 Å². The van der Waals surface area contributed by atoms with Gasteiger partial charge in [0.25, 0.3) is 5.69 Å². The van der Waals surface area contributed by atoms with Gasteiger partial charge in [0.1, 0.15) is 6.61 Å². The zero-order chi connectivity index (χ0) is 18.7. The van der Waals surface area contributed by atoms with E-state index in [0.29, 0.717) is 26.2 Å². The van der Waals surface area contributed by atoms with Crippen molar-refractivity contribution in [3.63, 3.8) is 0 Å². The number of likely N-dealkylation sites (N-methyl/N-ethyl adjacent to an activating group) is 1. The van der Waals surface area contributed by atoms with Crippen molar-refractivity contribution < 1.29 is 19.2 Å². The number of carbonyl (C=O) groups excluding carboxylic acids is 1. The molecule has 1 aromatic carbocycles. The highest BCUT2D eigenvalue weighted by atomic mass is 16.6. The summed E-state index contributed by atoms with van der Waals surface area (Å²) in [5.41, 5.74) is 1.01. The molecule has 0 saturated carbocycles. The molecule has 0 aliphatic carbocycles. The Balaban J connectivity index is 2.70. The molecule has 0 N–H and O–H groups in total. The number of carbonyl (C=O) groups is 1. The van der Waals surface area contributed by atoms with Crippen molar-refractivity contribution >= 4 is 11.7 Å². The fourth-order valence-corrected chi connectivity index (χ4v) is 2.18. The molecule has 0 radical (unpaired) electrons. The summed E-state index contributed by atoms with van der Waals surface area (Å²) >= 11 is 0. The average molecular weight is 348 g/mol. The molecule has 0 spiro atoms. The summed E-state index contributed by atoms with van der Waals surface area (Å²) in [5, 5.41) is 10.7. The third-order valence-electron chi connectivity index (χ3n) is 3.58. The fourth-order valence-electron chi connectivity index (χ4n) is 2.18. The van der Waals surface area contributed by atoms with Gasteiger partial charge in [-0.05, 0) is 32.9 Å². The van der Waals surface area contributed by atoms with Crippen molar-refractivity contribution in [2.45, 2.75) is 26.3 Å². The van der Waals surface area contributed by atoms with E-state index in [1.54, 1.807) is 26.0 Å².